The molecule has 0 aliphatic heterocycles. The zero-order valence-electron chi connectivity index (χ0n) is 10.8. The summed E-state index contributed by atoms with van der Waals surface area (Å²) >= 11 is 0. The van der Waals surface area contributed by atoms with Gasteiger partial charge in [-0.2, -0.15) is 0 Å². The summed E-state index contributed by atoms with van der Waals surface area (Å²) in [5, 5.41) is 17.0. The predicted octanol–water partition coefficient (Wildman–Crippen LogP) is 0.108. The van der Waals surface area contributed by atoms with Crippen LogP contribution in [0.2, 0.25) is 0 Å². The van der Waals surface area contributed by atoms with Gasteiger partial charge in [-0.15, -0.1) is 0 Å². The molecule has 0 rings (SSSR count). The highest BCUT2D eigenvalue weighted by atomic mass is 16.6. The third-order valence-corrected chi connectivity index (χ3v) is 2.14. The van der Waals surface area contributed by atoms with Crippen molar-refractivity contribution in [1.82, 2.24) is 0 Å². The van der Waals surface area contributed by atoms with Crippen molar-refractivity contribution in [2.24, 2.45) is 0 Å². The Labute approximate surface area is 108 Å². The summed E-state index contributed by atoms with van der Waals surface area (Å²) in [6.45, 7) is 1.94. The molecule has 0 aliphatic rings. The lowest BCUT2D eigenvalue weighted by Crippen LogP contribution is -2.13. The number of carbonyl (C=O) groups is 1. The maximum absolute atomic E-state index is 11.2. The second-order valence-electron chi connectivity index (χ2n) is 3.70. The molecule has 0 spiro atoms. The van der Waals surface area contributed by atoms with Crippen LogP contribution in [-0.4, -0.2) is 62.4 Å². The molecule has 0 fully saturated rings. The zero-order valence-corrected chi connectivity index (χ0v) is 10.8. The van der Waals surface area contributed by atoms with Crippen molar-refractivity contribution in [3.8, 4) is 0 Å². The standard InChI is InChI=1S/C12H24O6/c13-5-3-1-2-4-12(15)18-11-10-17-9-8-16-7-6-14/h13-14H,1-11H2. The van der Waals surface area contributed by atoms with E-state index in [9.17, 15) is 4.79 Å². The summed E-state index contributed by atoms with van der Waals surface area (Å²) in [4.78, 5) is 11.2. The van der Waals surface area contributed by atoms with Gasteiger partial charge in [0.2, 0.25) is 0 Å². The van der Waals surface area contributed by atoms with Gasteiger partial charge < -0.3 is 24.4 Å². The molecular weight excluding hydrogens is 240 g/mol. The summed E-state index contributed by atoms with van der Waals surface area (Å²) in [6, 6.07) is 0. The first-order valence-electron chi connectivity index (χ1n) is 6.34. The van der Waals surface area contributed by atoms with E-state index in [0.717, 1.165) is 19.3 Å². The van der Waals surface area contributed by atoms with Crippen LogP contribution in [0.1, 0.15) is 25.7 Å². The maximum atomic E-state index is 11.2. The van der Waals surface area contributed by atoms with Gasteiger partial charge >= 0.3 is 5.97 Å². The summed E-state index contributed by atoms with van der Waals surface area (Å²) in [7, 11) is 0. The van der Waals surface area contributed by atoms with E-state index >= 15 is 0 Å². The lowest BCUT2D eigenvalue weighted by molar-refractivity contribution is -0.145. The molecule has 0 amide bonds. The Morgan fingerprint density at radius 1 is 0.778 bits per heavy atom. The third kappa shape index (κ3) is 13.4. The number of aliphatic hydroxyl groups is 2. The quantitative estimate of drug-likeness (QED) is 0.363. The second-order valence-corrected chi connectivity index (χ2v) is 3.70. The normalized spacial score (nSPS) is 10.6. The highest BCUT2D eigenvalue weighted by Crippen LogP contribution is 2.00. The molecule has 0 saturated heterocycles. The molecule has 0 aromatic rings. The highest BCUT2D eigenvalue weighted by Gasteiger charge is 2.01. The molecule has 0 heterocycles. The van der Waals surface area contributed by atoms with E-state index in [1.165, 1.54) is 0 Å². The lowest BCUT2D eigenvalue weighted by Gasteiger charge is -2.06. The van der Waals surface area contributed by atoms with Gasteiger partial charge in [-0.1, -0.05) is 6.42 Å². The molecule has 6 nitrogen and oxygen atoms in total. The van der Waals surface area contributed by atoms with Crippen LogP contribution < -0.4 is 0 Å². The van der Waals surface area contributed by atoms with Crippen LogP contribution in [0.5, 0.6) is 0 Å². The Balaban J connectivity index is 3.10. The average Bonchev–Trinajstić information content (AvgIpc) is 2.38. The van der Waals surface area contributed by atoms with E-state index in [4.69, 9.17) is 24.4 Å². The van der Waals surface area contributed by atoms with Gasteiger partial charge in [0, 0.05) is 13.0 Å². The molecule has 0 saturated carbocycles. The van der Waals surface area contributed by atoms with Crippen LogP contribution in [0.25, 0.3) is 0 Å². The Bertz CT molecular complexity index is 185. The molecule has 0 unspecified atom stereocenters. The topological polar surface area (TPSA) is 85.2 Å². The van der Waals surface area contributed by atoms with Crippen molar-refractivity contribution in [2.45, 2.75) is 25.7 Å². The molecule has 6 heteroatoms. The molecular formula is C12H24O6. The number of unbranched alkanes of at least 4 members (excludes halogenated alkanes) is 2. The van der Waals surface area contributed by atoms with Crippen LogP contribution in [0.4, 0.5) is 0 Å². The van der Waals surface area contributed by atoms with E-state index in [1.54, 1.807) is 0 Å². The molecule has 0 aromatic heterocycles. The van der Waals surface area contributed by atoms with E-state index in [1.807, 2.05) is 0 Å². The first-order valence-corrected chi connectivity index (χ1v) is 6.34. The van der Waals surface area contributed by atoms with Crippen molar-refractivity contribution in [1.29, 1.82) is 0 Å². The SMILES string of the molecule is O=C(CCCCCO)OCCOCCOCCO. The van der Waals surface area contributed by atoms with Crippen molar-refractivity contribution in [2.75, 3.05) is 46.2 Å². The summed E-state index contributed by atoms with van der Waals surface area (Å²) in [5.74, 6) is -0.229. The number of rotatable bonds is 13. The number of esters is 1. The second kappa shape index (κ2) is 14.4. The lowest BCUT2D eigenvalue weighted by atomic mass is 10.2. The van der Waals surface area contributed by atoms with Crippen molar-refractivity contribution >= 4 is 5.97 Å². The fourth-order valence-electron chi connectivity index (χ4n) is 1.23. The van der Waals surface area contributed by atoms with E-state index in [-0.39, 0.29) is 25.8 Å². The minimum atomic E-state index is -0.229. The molecule has 18 heavy (non-hydrogen) atoms. The predicted molar refractivity (Wildman–Crippen MR) is 65.2 cm³/mol. The van der Waals surface area contributed by atoms with Gasteiger partial charge in [0.25, 0.3) is 0 Å². The fourth-order valence-corrected chi connectivity index (χ4v) is 1.23. The Morgan fingerprint density at radius 2 is 1.44 bits per heavy atom. The molecule has 0 radical (unpaired) electrons. The summed E-state index contributed by atoms with van der Waals surface area (Å²) < 4.78 is 15.1. The zero-order chi connectivity index (χ0) is 13.5. The molecule has 0 bridgehead atoms. The smallest absolute Gasteiger partial charge is 0.305 e. The number of ether oxygens (including phenoxy) is 3. The minimum Gasteiger partial charge on any atom is -0.463 e. The van der Waals surface area contributed by atoms with Gasteiger partial charge in [0.15, 0.2) is 0 Å². The number of carbonyl (C=O) groups excluding carboxylic acids is 1. The monoisotopic (exact) mass is 264 g/mol. The van der Waals surface area contributed by atoms with Crippen molar-refractivity contribution in [3.63, 3.8) is 0 Å². The molecule has 0 aromatic carbocycles. The largest absolute Gasteiger partial charge is 0.463 e. The third-order valence-electron chi connectivity index (χ3n) is 2.14. The van der Waals surface area contributed by atoms with E-state index in [0.29, 0.717) is 32.8 Å². The fraction of sp³-hybridized carbons (Fsp3) is 0.917. The molecule has 2 N–H and O–H groups in total. The maximum Gasteiger partial charge on any atom is 0.305 e. The van der Waals surface area contributed by atoms with E-state index < -0.39 is 0 Å². The Kier molecular flexibility index (Phi) is 13.8. The van der Waals surface area contributed by atoms with Gasteiger partial charge in [-0.05, 0) is 12.8 Å². The highest BCUT2D eigenvalue weighted by molar-refractivity contribution is 5.69. The van der Waals surface area contributed by atoms with Crippen molar-refractivity contribution < 1.29 is 29.2 Å². The minimum absolute atomic E-state index is 0.00783. The Morgan fingerprint density at radius 3 is 2.11 bits per heavy atom. The number of hydrogen-bond donors (Lipinski definition) is 2. The van der Waals surface area contributed by atoms with Gasteiger partial charge in [0.05, 0.1) is 33.0 Å². The first-order chi connectivity index (χ1) is 8.81. The van der Waals surface area contributed by atoms with Gasteiger partial charge in [-0.25, -0.2) is 0 Å². The van der Waals surface area contributed by atoms with Crippen LogP contribution in [0.15, 0.2) is 0 Å². The van der Waals surface area contributed by atoms with Gasteiger partial charge in [0.1, 0.15) is 6.61 Å². The van der Waals surface area contributed by atoms with Crippen LogP contribution >= 0.6 is 0 Å². The van der Waals surface area contributed by atoms with Crippen LogP contribution in [0.3, 0.4) is 0 Å². The first kappa shape index (κ1) is 17.3. The van der Waals surface area contributed by atoms with Crippen LogP contribution in [0, 0.1) is 0 Å². The van der Waals surface area contributed by atoms with E-state index in [2.05, 4.69) is 0 Å². The Hall–Kier alpha value is -0.690. The summed E-state index contributed by atoms with van der Waals surface area (Å²) in [5.41, 5.74) is 0. The van der Waals surface area contributed by atoms with Crippen LogP contribution in [-0.2, 0) is 19.0 Å². The number of aliphatic hydroxyl groups excluding tert-OH is 2. The summed E-state index contributed by atoms with van der Waals surface area (Å²) in [6.07, 6.45) is 2.70. The number of hydrogen-bond acceptors (Lipinski definition) is 6. The molecule has 108 valence electrons. The van der Waals surface area contributed by atoms with Gasteiger partial charge in [-0.3, -0.25) is 4.79 Å². The van der Waals surface area contributed by atoms with Crippen molar-refractivity contribution in [3.05, 3.63) is 0 Å². The average molecular weight is 264 g/mol. The molecule has 0 atom stereocenters. The molecule has 0 aliphatic carbocycles.